The molecule has 0 saturated heterocycles. The van der Waals surface area contributed by atoms with Crippen molar-refractivity contribution in [3.63, 3.8) is 0 Å². The number of imidazole rings is 1. The summed E-state index contributed by atoms with van der Waals surface area (Å²) in [5, 5.41) is 3.58. The number of carbonyl (C=O) groups excluding carboxylic acids is 1. The van der Waals surface area contributed by atoms with Crippen LogP contribution in [0.25, 0.3) is 11.0 Å². The molecular formula is C27H34ClN3O. The highest BCUT2D eigenvalue weighted by Crippen LogP contribution is 2.28. The molecule has 170 valence electrons. The van der Waals surface area contributed by atoms with Crippen LogP contribution in [0.5, 0.6) is 0 Å². The highest BCUT2D eigenvalue weighted by Gasteiger charge is 2.16. The molecule has 4 nitrogen and oxygen atoms in total. The van der Waals surface area contributed by atoms with Crippen LogP contribution in [0, 0.1) is 5.92 Å². The molecule has 0 bridgehead atoms. The molecule has 1 aliphatic rings. The Morgan fingerprint density at radius 1 is 1.03 bits per heavy atom. The molecule has 1 heterocycles. The van der Waals surface area contributed by atoms with Crippen LogP contribution in [-0.4, -0.2) is 22.0 Å². The van der Waals surface area contributed by atoms with Crippen LogP contribution in [0.3, 0.4) is 0 Å². The Hall–Kier alpha value is -2.33. The maximum atomic E-state index is 12.2. The van der Waals surface area contributed by atoms with E-state index >= 15 is 0 Å². The lowest BCUT2D eigenvalue weighted by atomic mass is 9.87. The van der Waals surface area contributed by atoms with Crippen molar-refractivity contribution in [3.8, 4) is 0 Å². The third-order valence-electron chi connectivity index (χ3n) is 6.67. The number of aromatic nitrogens is 2. The van der Waals surface area contributed by atoms with Gasteiger partial charge in [0.2, 0.25) is 0 Å². The standard InChI is InChI=1S/C27H34ClN3O/c28-23-13-9-12-22(20-23)27(32)29-18-8-2-5-16-26-30-24-14-6-7-15-25(24)31(26)19-17-21-10-3-1-4-11-21/h6-7,9,12-15,20-21H,1-5,8,10-11,16-19H2,(H,29,32). The third kappa shape index (κ3) is 6.13. The van der Waals surface area contributed by atoms with Gasteiger partial charge in [0.25, 0.3) is 5.91 Å². The molecule has 4 rings (SSSR count). The van der Waals surface area contributed by atoms with E-state index in [1.807, 2.05) is 0 Å². The van der Waals surface area contributed by atoms with Gasteiger partial charge in [0.05, 0.1) is 11.0 Å². The Morgan fingerprint density at radius 2 is 1.88 bits per heavy atom. The van der Waals surface area contributed by atoms with E-state index in [0.29, 0.717) is 17.1 Å². The summed E-state index contributed by atoms with van der Waals surface area (Å²) in [6, 6.07) is 15.6. The molecule has 1 fully saturated rings. The molecule has 3 aromatic rings. The highest BCUT2D eigenvalue weighted by molar-refractivity contribution is 6.30. The van der Waals surface area contributed by atoms with E-state index in [9.17, 15) is 4.79 Å². The van der Waals surface area contributed by atoms with E-state index < -0.39 is 0 Å². The number of unbranched alkanes of at least 4 members (excludes halogenated alkanes) is 2. The zero-order valence-electron chi connectivity index (χ0n) is 18.9. The molecule has 0 spiro atoms. The second-order valence-corrected chi connectivity index (χ2v) is 9.47. The van der Waals surface area contributed by atoms with Gasteiger partial charge >= 0.3 is 0 Å². The Kier molecular flexibility index (Phi) is 8.22. The molecule has 0 unspecified atom stereocenters. The molecule has 2 aromatic carbocycles. The molecule has 1 aliphatic carbocycles. The molecule has 0 radical (unpaired) electrons. The lowest BCUT2D eigenvalue weighted by Gasteiger charge is -2.22. The Morgan fingerprint density at radius 3 is 2.72 bits per heavy atom. The summed E-state index contributed by atoms with van der Waals surface area (Å²) in [6.45, 7) is 1.76. The largest absolute Gasteiger partial charge is 0.352 e. The summed E-state index contributed by atoms with van der Waals surface area (Å²) in [6.07, 6.45) is 12.4. The number of hydrogen-bond donors (Lipinski definition) is 1. The minimum atomic E-state index is -0.0583. The maximum absolute atomic E-state index is 12.2. The highest BCUT2D eigenvalue weighted by atomic mass is 35.5. The molecule has 32 heavy (non-hydrogen) atoms. The van der Waals surface area contributed by atoms with Gasteiger partial charge in [-0.25, -0.2) is 4.98 Å². The quantitative estimate of drug-likeness (QED) is 0.344. The lowest BCUT2D eigenvalue weighted by molar-refractivity contribution is 0.0953. The van der Waals surface area contributed by atoms with Crippen LogP contribution < -0.4 is 5.32 Å². The number of carbonyl (C=O) groups is 1. The molecule has 5 heteroatoms. The van der Waals surface area contributed by atoms with E-state index in [4.69, 9.17) is 16.6 Å². The zero-order chi connectivity index (χ0) is 22.2. The third-order valence-corrected chi connectivity index (χ3v) is 6.90. The fourth-order valence-corrected chi connectivity index (χ4v) is 5.06. The van der Waals surface area contributed by atoms with Crippen molar-refractivity contribution >= 4 is 28.5 Å². The first-order valence-electron chi connectivity index (χ1n) is 12.2. The topological polar surface area (TPSA) is 46.9 Å². The zero-order valence-corrected chi connectivity index (χ0v) is 19.6. The Labute approximate surface area is 196 Å². The first-order chi connectivity index (χ1) is 15.7. The van der Waals surface area contributed by atoms with Crippen LogP contribution in [0.15, 0.2) is 48.5 Å². The average Bonchev–Trinajstić information content (AvgIpc) is 3.17. The van der Waals surface area contributed by atoms with Crippen LogP contribution in [0.4, 0.5) is 0 Å². The average molecular weight is 452 g/mol. The summed E-state index contributed by atoms with van der Waals surface area (Å²) in [5.41, 5.74) is 3.00. The monoisotopic (exact) mass is 451 g/mol. The van der Waals surface area contributed by atoms with Crippen molar-refractivity contribution < 1.29 is 4.79 Å². The first kappa shape index (κ1) is 22.8. The van der Waals surface area contributed by atoms with Crippen LogP contribution in [0.2, 0.25) is 5.02 Å². The van der Waals surface area contributed by atoms with E-state index in [1.54, 1.807) is 24.3 Å². The number of amides is 1. The number of benzene rings is 2. The summed E-state index contributed by atoms with van der Waals surface area (Å²) in [7, 11) is 0. The van der Waals surface area contributed by atoms with Gasteiger partial charge in [-0.3, -0.25) is 4.79 Å². The van der Waals surface area contributed by atoms with Crippen molar-refractivity contribution in [2.45, 2.75) is 70.8 Å². The van der Waals surface area contributed by atoms with Crippen molar-refractivity contribution in [2.24, 2.45) is 5.92 Å². The van der Waals surface area contributed by atoms with Gasteiger partial charge in [-0.2, -0.15) is 0 Å². The second kappa shape index (κ2) is 11.5. The van der Waals surface area contributed by atoms with E-state index in [-0.39, 0.29) is 5.91 Å². The number of nitrogens with zero attached hydrogens (tertiary/aromatic N) is 2. The fraction of sp³-hybridized carbons (Fsp3) is 0.481. The molecule has 0 aliphatic heterocycles. The van der Waals surface area contributed by atoms with Gasteiger partial charge in [0, 0.05) is 30.1 Å². The minimum absolute atomic E-state index is 0.0583. The van der Waals surface area contributed by atoms with E-state index in [0.717, 1.165) is 43.7 Å². The summed E-state index contributed by atoms with van der Waals surface area (Å²) >= 11 is 5.97. The molecule has 1 aromatic heterocycles. The molecular weight excluding hydrogens is 418 g/mol. The molecule has 0 atom stereocenters. The van der Waals surface area contributed by atoms with Gasteiger partial charge in [-0.15, -0.1) is 0 Å². The van der Waals surface area contributed by atoms with Gasteiger partial charge in [0.1, 0.15) is 5.82 Å². The number of halogens is 1. The second-order valence-electron chi connectivity index (χ2n) is 9.04. The first-order valence-corrected chi connectivity index (χ1v) is 12.6. The van der Waals surface area contributed by atoms with Crippen LogP contribution in [-0.2, 0) is 13.0 Å². The van der Waals surface area contributed by atoms with E-state index in [2.05, 4.69) is 34.1 Å². The number of rotatable bonds is 10. The van der Waals surface area contributed by atoms with Gasteiger partial charge < -0.3 is 9.88 Å². The maximum Gasteiger partial charge on any atom is 0.251 e. The van der Waals surface area contributed by atoms with Crippen LogP contribution >= 0.6 is 11.6 Å². The molecule has 1 amide bonds. The minimum Gasteiger partial charge on any atom is -0.352 e. The van der Waals surface area contributed by atoms with Crippen molar-refractivity contribution in [1.82, 2.24) is 14.9 Å². The number of para-hydroxylation sites is 2. The lowest BCUT2D eigenvalue weighted by Crippen LogP contribution is -2.24. The Balaban J connectivity index is 1.26. The van der Waals surface area contributed by atoms with Crippen molar-refractivity contribution in [2.75, 3.05) is 6.54 Å². The smallest absolute Gasteiger partial charge is 0.251 e. The number of hydrogen-bond acceptors (Lipinski definition) is 2. The van der Waals surface area contributed by atoms with Crippen molar-refractivity contribution in [3.05, 3.63) is 64.9 Å². The molecule has 1 saturated carbocycles. The summed E-state index contributed by atoms with van der Waals surface area (Å²) in [5.74, 6) is 2.03. The number of aryl methyl sites for hydroxylation is 2. The SMILES string of the molecule is O=C(NCCCCCc1nc2ccccc2n1CCC1CCCCC1)c1cccc(Cl)c1. The fourth-order valence-electron chi connectivity index (χ4n) is 4.87. The van der Waals surface area contributed by atoms with Gasteiger partial charge in [-0.05, 0) is 55.5 Å². The number of fused-ring (bicyclic) bond motifs is 1. The Bertz CT molecular complexity index is 1020. The normalized spacial score (nSPS) is 14.7. The predicted octanol–water partition coefficient (Wildman–Crippen LogP) is 6.80. The summed E-state index contributed by atoms with van der Waals surface area (Å²) in [4.78, 5) is 17.2. The van der Waals surface area contributed by atoms with E-state index in [1.165, 1.54) is 49.9 Å². The molecule has 1 N–H and O–H groups in total. The van der Waals surface area contributed by atoms with Gasteiger partial charge in [0.15, 0.2) is 0 Å². The van der Waals surface area contributed by atoms with Gasteiger partial charge in [-0.1, -0.05) is 68.3 Å². The predicted molar refractivity (Wildman–Crippen MR) is 132 cm³/mol. The number of nitrogens with one attached hydrogen (secondary N) is 1. The van der Waals surface area contributed by atoms with Crippen molar-refractivity contribution in [1.29, 1.82) is 0 Å². The summed E-state index contributed by atoms with van der Waals surface area (Å²) < 4.78 is 2.46. The van der Waals surface area contributed by atoms with Crippen LogP contribution in [0.1, 0.15) is 74.0 Å².